The van der Waals surface area contributed by atoms with Gasteiger partial charge in [0.05, 0.1) is 42.0 Å². The number of alkyl carbamates (subject to hydrolysis) is 1. The summed E-state index contributed by atoms with van der Waals surface area (Å²) in [5.74, 6) is -3.10. The van der Waals surface area contributed by atoms with Crippen LogP contribution in [0.4, 0.5) is 4.79 Å². The first-order chi connectivity index (χ1) is 33.7. The first-order valence-corrected chi connectivity index (χ1v) is 30.2. The molecule has 20 heteroatoms. The number of benzene rings is 4. The molecule has 0 aromatic heterocycles. The highest BCUT2D eigenvalue weighted by Crippen LogP contribution is 2.49. The van der Waals surface area contributed by atoms with Crippen molar-refractivity contribution in [1.82, 2.24) is 10.2 Å². The fraction of sp³-hybridized carbons (Fsp3) is 0.453. The molecule has 1 heterocycles. The van der Waals surface area contributed by atoms with Crippen LogP contribution in [-0.4, -0.2) is 95.0 Å². The van der Waals surface area contributed by atoms with E-state index in [4.69, 9.17) is 60.5 Å². The summed E-state index contributed by atoms with van der Waals surface area (Å²) in [6.07, 6.45) is -3.17. The number of carbonyl (C=O) groups is 5. The van der Waals surface area contributed by atoms with E-state index >= 15 is 0 Å². The number of hydrogen-bond acceptors (Lipinski definition) is 14. The zero-order valence-electron chi connectivity index (χ0n) is 44.4. The van der Waals surface area contributed by atoms with Crippen molar-refractivity contribution in [3.8, 4) is 34.5 Å². The number of carbonyl (C=O) groups excluding carboxylic acids is 5. The van der Waals surface area contributed by atoms with Gasteiger partial charge in [-0.3, -0.25) is 14.5 Å². The Morgan fingerprint density at radius 1 is 0.671 bits per heavy atom. The molecule has 0 saturated carbocycles. The SMILES string of the molecule is CCOC(=O)[C@H](NC(=O)OC(C)(C)C)[C@H](O[Si](C)(C)C(C)(C)C)c1ccc(Oc2cc(O)cc(Oc3ccc([C@@H](O[Si](C)(C)C(C)(C)C)[C@@H](C(=O)OC)N4C(=O)c5ccccc5C4=O)cc3Cl)c2OC)c(Cl)c1. The summed E-state index contributed by atoms with van der Waals surface area (Å²) >= 11 is 13.9. The molecule has 396 valence electrons. The van der Waals surface area contributed by atoms with Crippen molar-refractivity contribution in [2.45, 2.75) is 135 Å². The van der Waals surface area contributed by atoms with Crippen LogP contribution in [0.1, 0.15) is 113 Å². The normalized spacial score (nSPS) is 14.9. The third-order valence-corrected chi connectivity index (χ3v) is 22.5. The van der Waals surface area contributed by atoms with Crippen molar-refractivity contribution < 1.29 is 66.4 Å². The molecular weight excluding hydrogens is 1020 g/mol. The van der Waals surface area contributed by atoms with Crippen LogP contribution in [0.25, 0.3) is 0 Å². The number of nitrogens with zero attached hydrogens (tertiary/aromatic N) is 1. The highest BCUT2D eigenvalue weighted by atomic mass is 35.5. The van der Waals surface area contributed by atoms with Gasteiger partial charge in [-0.25, -0.2) is 14.4 Å². The van der Waals surface area contributed by atoms with Gasteiger partial charge in [0.15, 0.2) is 40.2 Å². The topological polar surface area (TPSA) is 195 Å². The largest absolute Gasteiger partial charge is 0.508 e. The quantitative estimate of drug-likeness (QED) is 0.0413. The highest BCUT2D eigenvalue weighted by molar-refractivity contribution is 6.74. The van der Waals surface area contributed by atoms with Crippen molar-refractivity contribution in [2.75, 3.05) is 20.8 Å². The van der Waals surface area contributed by atoms with Gasteiger partial charge in [0.1, 0.15) is 35.1 Å². The number of nitrogens with one attached hydrogen (secondary N) is 1. The fourth-order valence-corrected chi connectivity index (χ4v) is 10.2. The van der Waals surface area contributed by atoms with Crippen LogP contribution in [-0.2, 0) is 32.7 Å². The zero-order valence-corrected chi connectivity index (χ0v) is 47.9. The number of fused-ring (bicyclic) bond motifs is 1. The van der Waals surface area contributed by atoms with E-state index in [0.29, 0.717) is 11.1 Å². The van der Waals surface area contributed by atoms with E-state index in [1.807, 2.05) is 67.7 Å². The summed E-state index contributed by atoms with van der Waals surface area (Å²) in [6.45, 7) is 26.9. The number of methoxy groups -OCH3 is 2. The monoisotopic (exact) mass is 1080 g/mol. The summed E-state index contributed by atoms with van der Waals surface area (Å²) < 4.78 is 48.3. The number of imide groups is 1. The van der Waals surface area contributed by atoms with Crippen molar-refractivity contribution in [1.29, 1.82) is 0 Å². The third-order valence-electron chi connectivity index (χ3n) is 13.0. The number of hydrogen-bond donors (Lipinski definition) is 2. The molecular formula is C53H68Cl2N2O14Si2. The summed E-state index contributed by atoms with van der Waals surface area (Å²) in [5, 5.41) is 13.1. The average molecular weight is 1080 g/mol. The average Bonchev–Trinajstić information content (AvgIpc) is 3.52. The number of esters is 2. The van der Waals surface area contributed by atoms with Crippen LogP contribution >= 0.6 is 23.2 Å². The van der Waals surface area contributed by atoms with Crippen LogP contribution in [0, 0.1) is 0 Å². The molecule has 0 saturated heterocycles. The van der Waals surface area contributed by atoms with Crippen molar-refractivity contribution >= 4 is 69.7 Å². The molecule has 1 aliphatic rings. The van der Waals surface area contributed by atoms with Gasteiger partial charge in [-0.1, -0.05) is 89.0 Å². The molecule has 0 spiro atoms. The zero-order chi connectivity index (χ0) is 54.8. The van der Waals surface area contributed by atoms with Gasteiger partial charge >= 0.3 is 18.0 Å². The molecule has 4 atom stereocenters. The highest BCUT2D eigenvalue weighted by Gasteiger charge is 2.51. The third kappa shape index (κ3) is 13.4. The number of rotatable bonds is 18. The van der Waals surface area contributed by atoms with E-state index in [1.54, 1.807) is 64.1 Å². The molecule has 16 nitrogen and oxygen atoms in total. The minimum absolute atomic E-state index is 0.0188. The maximum absolute atomic E-state index is 13.9. The molecule has 3 amide bonds. The summed E-state index contributed by atoms with van der Waals surface area (Å²) in [7, 11) is -2.94. The van der Waals surface area contributed by atoms with Crippen LogP contribution < -0.4 is 19.5 Å². The molecule has 0 unspecified atom stereocenters. The standard InChI is InChI=1S/C53H68Cl2N2O14Si2/c1-17-66-48(61)41(56-50(63)69-51(2,3)4)43(70-72(13,14)52(5,6)7)30-22-24-37(35(54)26-30)67-39-28-32(58)29-40(45(39)64-11)68-38-25-23-31(27-36(38)55)44(71-73(15,16)53(8,9)10)42(49(62)65-12)57-46(59)33-20-18-19-21-34(33)47(57)60/h18-29,41-44,58H,17H2,1-16H3,(H,56,63)/t41-,42+,43-,44-/m1/s1. The summed E-state index contributed by atoms with van der Waals surface area (Å²) in [4.78, 5) is 69.4. The maximum Gasteiger partial charge on any atom is 0.408 e. The lowest BCUT2D eigenvalue weighted by Crippen LogP contribution is -2.53. The summed E-state index contributed by atoms with van der Waals surface area (Å²) in [6, 6.07) is 15.3. The van der Waals surface area contributed by atoms with E-state index in [9.17, 15) is 29.1 Å². The lowest BCUT2D eigenvalue weighted by atomic mass is 10.0. The molecule has 1 aliphatic heterocycles. The van der Waals surface area contributed by atoms with E-state index < -0.39 is 76.4 Å². The Bertz CT molecular complexity index is 2690. The van der Waals surface area contributed by atoms with Crippen molar-refractivity contribution in [3.05, 3.63) is 105 Å². The Kier molecular flexibility index (Phi) is 17.9. The van der Waals surface area contributed by atoms with Crippen LogP contribution in [0.5, 0.6) is 34.5 Å². The lowest BCUT2D eigenvalue weighted by Gasteiger charge is -2.42. The van der Waals surface area contributed by atoms with Gasteiger partial charge in [-0.2, -0.15) is 0 Å². The van der Waals surface area contributed by atoms with E-state index in [-0.39, 0.29) is 72.4 Å². The molecule has 5 rings (SSSR count). The Hall–Kier alpha value is -5.64. The van der Waals surface area contributed by atoms with Gasteiger partial charge in [0, 0.05) is 12.1 Å². The van der Waals surface area contributed by atoms with E-state index in [1.165, 1.54) is 50.6 Å². The second kappa shape index (κ2) is 22.5. The molecule has 4 aromatic rings. The number of amides is 3. The number of ether oxygens (including phenoxy) is 6. The predicted octanol–water partition coefficient (Wildman–Crippen LogP) is 12.7. The predicted molar refractivity (Wildman–Crippen MR) is 282 cm³/mol. The van der Waals surface area contributed by atoms with Crippen LogP contribution in [0.2, 0.25) is 46.3 Å². The molecule has 0 fully saturated rings. The molecule has 73 heavy (non-hydrogen) atoms. The first kappa shape index (κ1) is 58.3. The minimum Gasteiger partial charge on any atom is -0.508 e. The first-order valence-electron chi connectivity index (χ1n) is 23.7. The number of phenolic OH excluding ortho intramolecular Hbond substituents is 1. The Labute approximate surface area is 440 Å². The van der Waals surface area contributed by atoms with Crippen LogP contribution in [0.3, 0.4) is 0 Å². The molecule has 0 radical (unpaired) electrons. The van der Waals surface area contributed by atoms with Crippen LogP contribution in [0.15, 0.2) is 72.8 Å². The Morgan fingerprint density at radius 3 is 1.52 bits per heavy atom. The molecule has 0 bridgehead atoms. The van der Waals surface area contributed by atoms with E-state index in [0.717, 1.165) is 4.90 Å². The Morgan fingerprint density at radius 2 is 1.12 bits per heavy atom. The van der Waals surface area contributed by atoms with Gasteiger partial charge in [0.2, 0.25) is 5.75 Å². The van der Waals surface area contributed by atoms with Gasteiger partial charge in [0.25, 0.3) is 11.8 Å². The second-order valence-corrected chi connectivity index (χ2v) is 31.9. The molecule has 0 aliphatic carbocycles. The minimum atomic E-state index is -2.79. The summed E-state index contributed by atoms with van der Waals surface area (Å²) in [5.41, 5.74) is 0.174. The number of phenols is 1. The number of aromatic hydroxyl groups is 1. The maximum atomic E-state index is 13.9. The Balaban J connectivity index is 1.53. The lowest BCUT2D eigenvalue weighted by molar-refractivity contribution is -0.149. The van der Waals surface area contributed by atoms with Gasteiger partial charge in [-0.05, 0) is 111 Å². The molecule has 2 N–H and O–H groups in total. The van der Waals surface area contributed by atoms with Crippen molar-refractivity contribution in [3.63, 3.8) is 0 Å². The van der Waals surface area contributed by atoms with Gasteiger partial charge < -0.3 is 47.7 Å². The molecule has 4 aromatic carbocycles. The smallest absolute Gasteiger partial charge is 0.408 e. The number of halogens is 2. The van der Waals surface area contributed by atoms with Gasteiger partial charge in [-0.15, -0.1) is 0 Å². The fourth-order valence-electron chi connectivity index (χ4n) is 7.21. The van der Waals surface area contributed by atoms with E-state index in [2.05, 4.69) is 5.32 Å². The second-order valence-electron chi connectivity index (χ2n) is 21.5. The van der Waals surface area contributed by atoms with Crippen molar-refractivity contribution in [2.24, 2.45) is 0 Å².